The van der Waals surface area contributed by atoms with E-state index in [1.54, 1.807) is 0 Å². The number of hydrogen-bond donors (Lipinski definition) is 1. The van der Waals surface area contributed by atoms with Crippen molar-refractivity contribution in [3.63, 3.8) is 0 Å². The number of aromatic nitrogens is 1. The zero-order valence-corrected chi connectivity index (χ0v) is 12.9. The van der Waals surface area contributed by atoms with E-state index in [4.69, 9.17) is 9.72 Å². The maximum atomic E-state index is 5.43. The van der Waals surface area contributed by atoms with Gasteiger partial charge < -0.3 is 15.0 Å². The summed E-state index contributed by atoms with van der Waals surface area (Å²) in [5, 5.41) is 4.58. The topological polar surface area (TPSA) is 37.4 Å². The number of anilines is 2. The smallest absolute Gasteiger partial charge is 0.129 e. The third-order valence-electron chi connectivity index (χ3n) is 3.98. The quantitative estimate of drug-likeness (QED) is 0.937. The Hall–Kier alpha value is -1.81. The lowest BCUT2D eigenvalue weighted by atomic mass is 10.1. The van der Waals surface area contributed by atoms with E-state index >= 15 is 0 Å². The van der Waals surface area contributed by atoms with Gasteiger partial charge in [-0.15, -0.1) is 0 Å². The van der Waals surface area contributed by atoms with Crippen LogP contribution in [-0.2, 0) is 11.2 Å². The summed E-state index contributed by atoms with van der Waals surface area (Å²) in [5.41, 5.74) is 3.61. The van der Waals surface area contributed by atoms with E-state index in [-0.39, 0.29) is 0 Å². The number of rotatable bonds is 4. The Morgan fingerprint density at radius 1 is 1.19 bits per heavy atom. The van der Waals surface area contributed by atoms with Gasteiger partial charge in [0.2, 0.25) is 0 Å². The molecule has 1 N–H and O–H groups in total. The van der Waals surface area contributed by atoms with Crippen molar-refractivity contribution in [2.24, 2.45) is 0 Å². The minimum atomic E-state index is 0.815. The van der Waals surface area contributed by atoms with Crippen LogP contribution in [0.2, 0.25) is 0 Å². The first-order valence-corrected chi connectivity index (χ1v) is 7.82. The standard InChI is InChI=1S/C17H23N3O/c1-3-13-11-14-12-15(20-7-9-21-10-8-20)5-6-16(14)19-17(13)18-4-2/h5-6,11-12H,3-4,7-10H2,1-2H3,(H,18,19). The second-order valence-corrected chi connectivity index (χ2v) is 5.36. The average Bonchev–Trinajstić information content (AvgIpc) is 2.55. The third-order valence-corrected chi connectivity index (χ3v) is 3.98. The number of benzene rings is 1. The second kappa shape index (κ2) is 6.31. The van der Waals surface area contributed by atoms with Crippen molar-refractivity contribution in [2.75, 3.05) is 43.1 Å². The molecular formula is C17H23N3O. The van der Waals surface area contributed by atoms with Gasteiger partial charge in [-0.25, -0.2) is 4.98 Å². The monoisotopic (exact) mass is 285 g/mol. The lowest BCUT2D eigenvalue weighted by Crippen LogP contribution is -2.36. The minimum Gasteiger partial charge on any atom is -0.378 e. The van der Waals surface area contributed by atoms with E-state index in [1.807, 2.05) is 0 Å². The van der Waals surface area contributed by atoms with Gasteiger partial charge in [0.1, 0.15) is 5.82 Å². The first kappa shape index (κ1) is 14.1. The molecule has 0 amide bonds. The minimum absolute atomic E-state index is 0.815. The van der Waals surface area contributed by atoms with Gasteiger partial charge in [-0.05, 0) is 43.2 Å². The van der Waals surface area contributed by atoms with Crippen molar-refractivity contribution in [1.29, 1.82) is 0 Å². The molecule has 1 fully saturated rings. The summed E-state index contributed by atoms with van der Waals surface area (Å²) >= 11 is 0. The maximum Gasteiger partial charge on any atom is 0.129 e. The van der Waals surface area contributed by atoms with Crippen molar-refractivity contribution in [2.45, 2.75) is 20.3 Å². The fourth-order valence-corrected chi connectivity index (χ4v) is 2.82. The maximum absolute atomic E-state index is 5.43. The van der Waals surface area contributed by atoms with Crippen molar-refractivity contribution < 1.29 is 4.74 Å². The number of nitrogens with zero attached hydrogens (tertiary/aromatic N) is 2. The lowest BCUT2D eigenvalue weighted by Gasteiger charge is -2.29. The van der Waals surface area contributed by atoms with Gasteiger partial charge in [0, 0.05) is 30.7 Å². The van der Waals surface area contributed by atoms with Crippen LogP contribution in [0.1, 0.15) is 19.4 Å². The van der Waals surface area contributed by atoms with E-state index in [9.17, 15) is 0 Å². The molecule has 1 saturated heterocycles. The molecular weight excluding hydrogens is 262 g/mol. The molecule has 2 heterocycles. The van der Waals surface area contributed by atoms with Gasteiger partial charge in [-0.1, -0.05) is 6.92 Å². The van der Waals surface area contributed by atoms with Crippen molar-refractivity contribution >= 4 is 22.4 Å². The summed E-state index contributed by atoms with van der Waals surface area (Å²) in [7, 11) is 0. The molecule has 1 aromatic carbocycles. The zero-order chi connectivity index (χ0) is 14.7. The Morgan fingerprint density at radius 2 is 2.00 bits per heavy atom. The first-order valence-electron chi connectivity index (χ1n) is 7.82. The van der Waals surface area contributed by atoms with Gasteiger partial charge in [-0.3, -0.25) is 0 Å². The second-order valence-electron chi connectivity index (χ2n) is 5.36. The zero-order valence-electron chi connectivity index (χ0n) is 12.9. The Kier molecular flexibility index (Phi) is 4.25. The van der Waals surface area contributed by atoms with E-state index in [0.717, 1.165) is 50.6 Å². The van der Waals surface area contributed by atoms with Crippen LogP contribution in [0.4, 0.5) is 11.5 Å². The molecule has 1 aliphatic heterocycles. The number of fused-ring (bicyclic) bond motifs is 1. The molecule has 2 aromatic rings. The Morgan fingerprint density at radius 3 is 2.71 bits per heavy atom. The number of morpholine rings is 1. The molecule has 0 saturated carbocycles. The molecule has 0 atom stereocenters. The summed E-state index contributed by atoms with van der Waals surface area (Å²) in [5.74, 6) is 1.02. The fraction of sp³-hybridized carbons (Fsp3) is 0.471. The summed E-state index contributed by atoms with van der Waals surface area (Å²) in [6, 6.07) is 8.81. The Balaban J connectivity index is 1.98. The summed E-state index contributed by atoms with van der Waals surface area (Å²) < 4.78 is 5.43. The van der Waals surface area contributed by atoms with Gasteiger partial charge in [0.05, 0.1) is 18.7 Å². The van der Waals surface area contributed by atoms with Crippen LogP contribution in [0.5, 0.6) is 0 Å². The number of aryl methyl sites for hydroxylation is 1. The predicted molar refractivity (Wildman–Crippen MR) is 88.3 cm³/mol. The van der Waals surface area contributed by atoms with Crippen molar-refractivity contribution in [3.8, 4) is 0 Å². The van der Waals surface area contributed by atoms with Crippen LogP contribution < -0.4 is 10.2 Å². The van der Waals surface area contributed by atoms with Crippen LogP contribution >= 0.6 is 0 Å². The fourth-order valence-electron chi connectivity index (χ4n) is 2.82. The highest BCUT2D eigenvalue weighted by Crippen LogP contribution is 2.26. The highest BCUT2D eigenvalue weighted by atomic mass is 16.5. The van der Waals surface area contributed by atoms with Crippen LogP contribution in [0.3, 0.4) is 0 Å². The Bertz CT molecular complexity index is 621. The molecule has 0 radical (unpaired) electrons. The first-order chi connectivity index (χ1) is 10.3. The van der Waals surface area contributed by atoms with E-state index in [0.29, 0.717) is 0 Å². The molecule has 112 valence electrons. The largest absolute Gasteiger partial charge is 0.378 e. The molecule has 1 aliphatic rings. The SMILES string of the molecule is CCNc1nc2ccc(N3CCOCC3)cc2cc1CC. The highest BCUT2D eigenvalue weighted by Gasteiger charge is 2.12. The third kappa shape index (κ3) is 2.95. The summed E-state index contributed by atoms with van der Waals surface area (Å²) in [4.78, 5) is 7.15. The van der Waals surface area contributed by atoms with Crippen LogP contribution in [0, 0.1) is 0 Å². The van der Waals surface area contributed by atoms with E-state index in [1.165, 1.54) is 16.6 Å². The molecule has 4 heteroatoms. The van der Waals surface area contributed by atoms with Gasteiger partial charge in [-0.2, -0.15) is 0 Å². The van der Waals surface area contributed by atoms with Crippen LogP contribution in [0.15, 0.2) is 24.3 Å². The Labute approximate surface area is 126 Å². The van der Waals surface area contributed by atoms with E-state index in [2.05, 4.69) is 48.3 Å². The van der Waals surface area contributed by atoms with Gasteiger partial charge in [0.25, 0.3) is 0 Å². The predicted octanol–water partition coefficient (Wildman–Crippen LogP) is 3.07. The van der Waals surface area contributed by atoms with Gasteiger partial charge in [0.15, 0.2) is 0 Å². The molecule has 3 rings (SSSR count). The van der Waals surface area contributed by atoms with Crippen molar-refractivity contribution in [1.82, 2.24) is 4.98 Å². The number of ether oxygens (including phenoxy) is 1. The van der Waals surface area contributed by atoms with Gasteiger partial charge >= 0.3 is 0 Å². The van der Waals surface area contributed by atoms with Crippen LogP contribution in [0.25, 0.3) is 10.9 Å². The molecule has 0 aliphatic carbocycles. The number of pyridine rings is 1. The summed E-state index contributed by atoms with van der Waals surface area (Å²) in [6.45, 7) is 8.75. The molecule has 0 bridgehead atoms. The molecule has 0 unspecified atom stereocenters. The average molecular weight is 285 g/mol. The van der Waals surface area contributed by atoms with E-state index < -0.39 is 0 Å². The summed E-state index contributed by atoms with van der Waals surface area (Å²) in [6.07, 6.45) is 0.993. The molecule has 0 spiro atoms. The van der Waals surface area contributed by atoms with Crippen LogP contribution in [-0.4, -0.2) is 37.8 Å². The number of hydrogen-bond acceptors (Lipinski definition) is 4. The molecule has 4 nitrogen and oxygen atoms in total. The van der Waals surface area contributed by atoms with Crippen molar-refractivity contribution in [3.05, 3.63) is 29.8 Å². The number of nitrogens with one attached hydrogen (secondary N) is 1. The molecule has 21 heavy (non-hydrogen) atoms. The lowest BCUT2D eigenvalue weighted by molar-refractivity contribution is 0.122. The normalized spacial score (nSPS) is 15.4. The molecule has 1 aromatic heterocycles. The highest BCUT2D eigenvalue weighted by molar-refractivity contribution is 5.85.